The average molecular weight is 289 g/mol. The normalized spacial score (nSPS) is 10.8. The minimum Gasteiger partial charge on any atom is -0.345 e. The zero-order valence-electron chi connectivity index (χ0n) is 11.6. The van der Waals surface area contributed by atoms with Crippen LogP contribution in [0.15, 0.2) is 18.2 Å². The minimum absolute atomic E-state index is 0. The SMILES string of the molecule is CCC(CC)(CN)NC(=O)c1cc(C)cc(F)c1.Cl. The second kappa shape index (κ2) is 7.46. The Morgan fingerprint density at radius 2 is 1.89 bits per heavy atom. The van der Waals surface area contributed by atoms with Crippen LogP contribution in [0.1, 0.15) is 42.6 Å². The van der Waals surface area contributed by atoms with Gasteiger partial charge in [-0.2, -0.15) is 0 Å². The molecule has 0 saturated carbocycles. The molecule has 0 aliphatic carbocycles. The maximum Gasteiger partial charge on any atom is 0.251 e. The summed E-state index contributed by atoms with van der Waals surface area (Å²) in [7, 11) is 0. The van der Waals surface area contributed by atoms with Crippen molar-refractivity contribution in [2.24, 2.45) is 5.73 Å². The number of amides is 1. The van der Waals surface area contributed by atoms with Crippen molar-refractivity contribution in [3.63, 3.8) is 0 Å². The highest BCUT2D eigenvalue weighted by atomic mass is 35.5. The summed E-state index contributed by atoms with van der Waals surface area (Å²) in [5, 5.41) is 2.92. The van der Waals surface area contributed by atoms with E-state index in [0.29, 0.717) is 12.1 Å². The fourth-order valence-corrected chi connectivity index (χ4v) is 1.95. The molecule has 1 aromatic rings. The van der Waals surface area contributed by atoms with Gasteiger partial charge in [-0.15, -0.1) is 12.4 Å². The van der Waals surface area contributed by atoms with E-state index in [2.05, 4.69) is 5.32 Å². The van der Waals surface area contributed by atoms with Gasteiger partial charge in [0.05, 0.1) is 5.54 Å². The third-order valence-corrected chi connectivity index (χ3v) is 3.43. The van der Waals surface area contributed by atoms with Gasteiger partial charge in [0.2, 0.25) is 0 Å². The van der Waals surface area contributed by atoms with Gasteiger partial charge in [0.25, 0.3) is 5.91 Å². The number of nitrogens with one attached hydrogen (secondary N) is 1. The monoisotopic (exact) mass is 288 g/mol. The molecule has 0 atom stereocenters. The quantitative estimate of drug-likeness (QED) is 0.875. The Kier molecular flexibility index (Phi) is 7.01. The van der Waals surface area contributed by atoms with Gasteiger partial charge >= 0.3 is 0 Å². The third-order valence-electron chi connectivity index (χ3n) is 3.43. The maximum atomic E-state index is 13.3. The van der Waals surface area contributed by atoms with Crippen LogP contribution in [0.3, 0.4) is 0 Å². The zero-order valence-corrected chi connectivity index (χ0v) is 12.4. The van der Waals surface area contributed by atoms with Gasteiger partial charge in [-0.25, -0.2) is 4.39 Å². The number of aryl methyl sites for hydroxylation is 1. The van der Waals surface area contributed by atoms with E-state index in [1.165, 1.54) is 12.1 Å². The Bertz CT molecular complexity index is 405. The van der Waals surface area contributed by atoms with E-state index in [1.54, 1.807) is 13.0 Å². The summed E-state index contributed by atoms with van der Waals surface area (Å²) in [5.74, 6) is -0.668. The van der Waals surface area contributed by atoms with Crippen molar-refractivity contribution in [2.45, 2.75) is 39.2 Å². The van der Waals surface area contributed by atoms with E-state index in [9.17, 15) is 9.18 Å². The fraction of sp³-hybridized carbons (Fsp3) is 0.500. The summed E-state index contributed by atoms with van der Waals surface area (Å²) < 4.78 is 13.3. The number of hydrogen-bond donors (Lipinski definition) is 2. The summed E-state index contributed by atoms with van der Waals surface area (Å²) >= 11 is 0. The molecule has 0 aromatic heterocycles. The molecule has 1 amide bonds. The lowest BCUT2D eigenvalue weighted by Gasteiger charge is -2.31. The molecule has 0 spiro atoms. The molecule has 1 aromatic carbocycles. The summed E-state index contributed by atoms with van der Waals surface area (Å²) in [6, 6.07) is 4.31. The van der Waals surface area contributed by atoms with E-state index >= 15 is 0 Å². The van der Waals surface area contributed by atoms with E-state index in [4.69, 9.17) is 5.73 Å². The van der Waals surface area contributed by atoms with E-state index < -0.39 is 11.4 Å². The van der Waals surface area contributed by atoms with E-state index in [-0.39, 0.29) is 18.3 Å². The molecule has 1 rings (SSSR count). The number of carbonyl (C=O) groups is 1. The molecule has 3 N–H and O–H groups in total. The van der Waals surface area contributed by atoms with Crippen molar-refractivity contribution in [2.75, 3.05) is 6.54 Å². The lowest BCUT2D eigenvalue weighted by atomic mass is 9.92. The molecule has 0 radical (unpaired) electrons. The van der Waals surface area contributed by atoms with E-state index in [1.807, 2.05) is 13.8 Å². The van der Waals surface area contributed by atoms with Gasteiger partial charge in [0.15, 0.2) is 0 Å². The minimum atomic E-state index is -0.405. The Hall–Kier alpha value is -1.13. The first-order valence-electron chi connectivity index (χ1n) is 6.26. The second-order valence-electron chi connectivity index (χ2n) is 4.66. The van der Waals surface area contributed by atoms with Gasteiger partial charge in [0.1, 0.15) is 5.82 Å². The summed E-state index contributed by atoms with van der Waals surface area (Å²) in [5.41, 5.74) is 6.39. The lowest BCUT2D eigenvalue weighted by molar-refractivity contribution is 0.0894. The summed E-state index contributed by atoms with van der Waals surface area (Å²) in [4.78, 5) is 12.1. The number of halogens is 2. The molecule has 0 aliphatic rings. The maximum absolute atomic E-state index is 13.3. The zero-order chi connectivity index (χ0) is 13.8. The molecule has 3 nitrogen and oxygen atoms in total. The van der Waals surface area contributed by atoms with Crippen molar-refractivity contribution >= 4 is 18.3 Å². The summed E-state index contributed by atoms with van der Waals surface area (Å²) in [6.07, 6.45) is 1.50. The molecule has 0 saturated heterocycles. The van der Waals surface area contributed by atoms with Gasteiger partial charge < -0.3 is 11.1 Å². The molecule has 108 valence electrons. The van der Waals surface area contributed by atoms with Crippen LogP contribution in [0.25, 0.3) is 0 Å². The number of benzene rings is 1. The molecule has 0 aliphatic heterocycles. The summed E-state index contributed by atoms with van der Waals surface area (Å²) in [6.45, 7) is 6.09. The second-order valence-corrected chi connectivity index (χ2v) is 4.66. The van der Waals surface area contributed by atoms with Gasteiger partial charge in [-0.05, 0) is 43.5 Å². The van der Waals surface area contributed by atoms with Crippen molar-refractivity contribution in [3.8, 4) is 0 Å². The van der Waals surface area contributed by atoms with Crippen LogP contribution in [-0.2, 0) is 0 Å². The Morgan fingerprint density at radius 1 is 1.32 bits per heavy atom. The highest BCUT2D eigenvalue weighted by Crippen LogP contribution is 2.15. The molecular weight excluding hydrogens is 267 g/mol. The van der Waals surface area contributed by atoms with Crippen LogP contribution in [0.4, 0.5) is 4.39 Å². The molecule has 0 unspecified atom stereocenters. The first kappa shape index (κ1) is 17.9. The topological polar surface area (TPSA) is 55.1 Å². The first-order valence-corrected chi connectivity index (χ1v) is 6.26. The molecule has 0 heterocycles. The van der Waals surface area contributed by atoms with Gasteiger partial charge in [-0.1, -0.05) is 13.8 Å². The molecular formula is C14H22ClFN2O. The third kappa shape index (κ3) is 4.48. The van der Waals surface area contributed by atoms with Crippen molar-refractivity contribution < 1.29 is 9.18 Å². The van der Waals surface area contributed by atoms with Crippen LogP contribution in [-0.4, -0.2) is 18.0 Å². The van der Waals surface area contributed by atoms with E-state index in [0.717, 1.165) is 18.4 Å². The van der Waals surface area contributed by atoms with Gasteiger partial charge in [-0.3, -0.25) is 4.79 Å². The largest absolute Gasteiger partial charge is 0.345 e. The Balaban J connectivity index is 0.00000324. The van der Waals surface area contributed by atoms with Crippen molar-refractivity contribution in [1.29, 1.82) is 0 Å². The Morgan fingerprint density at radius 3 is 2.32 bits per heavy atom. The Labute approximate surface area is 120 Å². The first-order chi connectivity index (χ1) is 8.46. The highest BCUT2D eigenvalue weighted by molar-refractivity contribution is 5.94. The average Bonchev–Trinajstić information content (AvgIpc) is 2.35. The van der Waals surface area contributed by atoms with Crippen LogP contribution < -0.4 is 11.1 Å². The smallest absolute Gasteiger partial charge is 0.251 e. The number of nitrogens with two attached hydrogens (primary N) is 1. The molecule has 19 heavy (non-hydrogen) atoms. The molecule has 0 bridgehead atoms. The number of rotatable bonds is 5. The lowest BCUT2D eigenvalue weighted by Crippen LogP contribution is -2.52. The standard InChI is InChI=1S/C14H21FN2O.ClH/c1-4-14(5-2,9-16)17-13(18)11-6-10(3)7-12(15)8-11;/h6-8H,4-5,9,16H2,1-3H3,(H,17,18);1H. The van der Waals surface area contributed by atoms with Crippen LogP contribution >= 0.6 is 12.4 Å². The molecule has 5 heteroatoms. The molecule has 0 fully saturated rings. The fourth-order valence-electron chi connectivity index (χ4n) is 1.95. The van der Waals surface area contributed by atoms with Crippen LogP contribution in [0, 0.1) is 12.7 Å². The van der Waals surface area contributed by atoms with Gasteiger partial charge in [0, 0.05) is 12.1 Å². The number of carbonyl (C=O) groups excluding carboxylic acids is 1. The number of hydrogen-bond acceptors (Lipinski definition) is 2. The van der Waals surface area contributed by atoms with Crippen LogP contribution in [0.2, 0.25) is 0 Å². The van der Waals surface area contributed by atoms with Crippen LogP contribution in [0.5, 0.6) is 0 Å². The highest BCUT2D eigenvalue weighted by Gasteiger charge is 2.26. The van der Waals surface area contributed by atoms with Crippen molar-refractivity contribution in [3.05, 3.63) is 35.1 Å². The predicted octanol–water partition coefficient (Wildman–Crippen LogP) is 2.80. The predicted molar refractivity (Wildman–Crippen MR) is 78.2 cm³/mol. The van der Waals surface area contributed by atoms with Crippen molar-refractivity contribution in [1.82, 2.24) is 5.32 Å².